The van der Waals surface area contributed by atoms with Crippen molar-refractivity contribution < 1.29 is 4.79 Å². The van der Waals surface area contributed by atoms with E-state index in [-0.39, 0.29) is 11.3 Å². The van der Waals surface area contributed by atoms with E-state index < -0.39 is 5.41 Å². The van der Waals surface area contributed by atoms with Crippen molar-refractivity contribution in [2.45, 2.75) is 27.7 Å². The fraction of sp³-hybridized carbons (Fsp3) is 0.917. The van der Waals surface area contributed by atoms with Gasteiger partial charge in [-0.05, 0) is 33.4 Å². The Labute approximate surface area is 105 Å². The third-order valence-corrected chi connectivity index (χ3v) is 3.09. The summed E-state index contributed by atoms with van der Waals surface area (Å²) in [6.45, 7) is 9.60. The first-order chi connectivity index (χ1) is 7.10. The lowest BCUT2D eigenvalue weighted by atomic mass is 9.91. The van der Waals surface area contributed by atoms with E-state index in [1.54, 1.807) is 0 Å². The van der Waals surface area contributed by atoms with E-state index in [1.165, 1.54) is 0 Å². The standard InChI is InChI=1S/C12H25ClN2O/c1-11(2,9-15(5)6)8-14-10(16)12(3,4)7-13/h7-9H2,1-6H3,(H,14,16). The molecular weight excluding hydrogens is 224 g/mol. The predicted molar refractivity (Wildman–Crippen MR) is 69.8 cm³/mol. The van der Waals surface area contributed by atoms with Crippen LogP contribution in [0.5, 0.6) is 0 Å². The summed E-state index contributed by atoms with van der Waals surface area (Å²) >= 11 is 5.75. The zero-order chi connectivity index (χ0) is 13.0. The SMILES string of the molecule is CN(C)CC(C)(C)CNC(=O)C(C)(C)CCl. The maximum absolute atomic E-state index is 11.8. The number of hydrogen-bond donors (Lipinski definition) is 1. The van der Waals surface area contributed by atoms with Crippen LogP contribution < -0.4 is 5.32 Å². The predicted octanol–water partition coefficient (Wildman–Crippen LogP) is 1.96. The highest BCUT2D eigenvalue weighted by Gasteiger charge is 2.28. The summed E-state index contributed by atoms with van der Waals surface area (Å²) in [5.41, 5.74) is -0.419. The topological polar surface area (TPSA) is 32.3 Å². The fourth-order valence-electron chi connectivity index (χ4n) is 1.53. The average molecular weight is 249 g/mol. The van der Waals surface area contributed by atoms with Gasteiger partial charge in [-0.2, -0.15) is 0 Å². The molecule has 0 heterocycles. The van der Waals surface area contributed by atoms with E-state index in [0.717, 1.165) is 6.54 Å². The number of amides is 1. The van der Waals surface area contributed by atoms with Gasteiger partial charge in [-0.25, -0.2) is 0 Å². The van der Waals surface area contributed by atoms with Crippen molar-refractivity contribution in [2.24, 2.45) is 10.8 Å². The molecule has 3 nitrogen and oxygen atoms in total. The molecule has 4 heteroatoms. The normalized spacial score (nSPS) is 13.0. The van der Waals surface area contributed by atoms with E-state index in [2.05, 4.69) is 24.1 Å². The van der Waals surface area contributed by atoms with E-state index in [4.69, 9.17) is 11.6 Å². The number of alkyl halides is 1. The maximum Gasteiger partial charge on any atom is 0.226 e. The number of carbonyl (C=O) groups is 1. The van der Waals surface area contributed by atoms with Gasteiger partial charge in [-0.3, -0.25) is 4.79 Å². The third kappa shape index (κ3) is 5.71. The molecule has 1 N–H and O–H groups in total. The van der Waals surface area contributed by atoms with Crippen molar-refractivity contribution in [1.82, 2.24) is 10.2 Å². The number of rotatable bonds is 6. The van der Waals surface area contributed by atoms with E-state index in [0.29, 0.717) is 12.4 Å². The third-order valence-electron chi connectivity index (χ3n) is 2.42. The highest BCUT2D eigenvalue weighted by atomic mass is 35.5. The molecule has 0 aliphatic carbocycles. The van der Waals surface area contributed by atoms with Crippen molar-refractivity contribution in [3.8, 4) is 0 Å². The number of hydrogen-bond acceptors (Lipinski definition) is 2. The summed E-state index contributed by atoms with van der Waals surface area (Å²) in [4.78, 5) is 13.9. The van der Waals surface area contributed by atoms with Crippen molar-refractivity contribution in [2.75, 3.05) is 33.1 Å². The number of carbonyl (C=O) groups excluding carboxylic acids is 1. The lowest BCUT2D eigenvalue weighted by Gasteiger charge is -2.30. The van der Waals surface area contributed by atoms with Crippen LogP contribution >= 0.6 is 11.6 Å². The summed E-state index contributed by atoms with van der Waals surface area (Å²) in [6, 6.07) is 0. The maximum atomic E-state index is 11.8. The molecule has 0 spiro atoms. The minimum Gasteiger partial charge on any atom is -0.355 e. The van der Waals surface area contributed by atoms with Crippen molar-refractivity contribution in [3.63, 3.8) is 0 Å². The molecule has 0 bridgehead atoms. The van der Waals surface area contributed by atoms with Crippen LogP contribution in [0.25, 0.3) is 0 Å². The molecule has 96 valence electrons. The second-order valence-electron chi connectivity index (χ2n) is 6.10. The Morgan fingerprint density at radius 1 is 1.25 bits per heavy atom. The molecule has 0 rings (SSSR count). The summed E-state index contributed by atoms with van der Waals surface area (Å²) in [5, 5.41) is 2.97. The van der Waals surface area contributed by atoms with Gasteiger partial charge in [0.15, 0.2) is 0 Å². The van der Waals surface area contributed by atoms with Crippen LogP contribution in [0.15, 0.2) is 0 Å². The van der Waals surface area contributed by atoms with E-state index in [9.17, 15) is 4.79 Å². The Kier molecular flexibility index (Phi) is 5.77. The molecule has 0 aromatic heterocycles. The molecule has 16 heavy (non-hydrogen) atoms. The van der Waals surface area contributed by atoms with E-state index >= 15 is 0 Å². The first kappa shape index (κ1) is 15.7. The number of nitrogens with one attached hydrogen (secondary N) is 1. The lowest BCUT2D eigenvalue weighted by Crippen LogP contribution is -2.45. The second-order valence-corrected chi connectivity index (χ2v) is 6.37. The largest absolute Gasteiger partial charge is 0.355 e. The second kappa shape index (κ2) is 5.87. The zero-order valence-corrected chi connectivity index (χ0v) is 12.1. The molecule has 0 unspecified atom stereocenters. The van der Waals surface area contributed by atoms with Crippen LogP contribution in [0.3, 0.4) is 0 Å². The highest BCUT2D eigenvalue weighted by Crippen LogP contribution is 2.19. The molecule has 0 aliphatic rings. The first-order valence-electron chi connectivity index (χ1n) is 5.60. The zero-order valence-electron chi connectivity index (χ0n) is 11.4. The molecule has 0 aromatic carbocycles. The van der Waals surface area contributed by atoms with Gasteiger partial charge in [0.05, 0.1) is 5.41 Å². The lowest BCUT2D eigenvalue weighted by molar-refractivity contribution is -0.128. The van der Waals surface area contributed by atoms with Gasteiger partial charge in [0.2, 0.25) is 5.91 Å². The highest BCUT2D eigenvalue weighted by molar-refractivity contribution is 6.19. The molecule has 0 fully saturated rings. The molecule has 0 atom stereocenters. The molecule has 0 aliphatic heterocycles. The quantitative estimate of drug-likeness (QED) is 0.729. The van der Waals surface area contributed by atoms with Gasteiger partial charge in [0.1, 0.15) is 0 Å². The Bertz CT molecular complexity index is 237. The van der Waals surface area contributed by atoms with Crippen LogP contribution in [0.4, 0.5) is 0 Å². The van der Waals surface area contributed by atoms with Gasteiger partial charge < -0.3 is 10.2 Å². The Morgan fingerprint density at radius 2 is 1.75 bits per heavy atom. The Balaban J connectivity index is 4.19. The summed E-state index contributed by atoms with van der Waals surface area (Å²) < 4.78 is 0. The summed E-state index contributed by atoms with van der Waals surface area (Å²) in [7, 11) is 4.07. The molecule has 0 radical (unpaired) electrons. The monoisotopic (exact) mass is 248 g/mol. The molecule has 1 amide bonds. The molecule has 0 saturated carbocycles. The van der Waals surface area contributed by atoms with Gasteiger partial charge in [0.25, 0.3) is 0 Å². The van der Waals surface area contributed by atoms with Crippen molar-refractivity contribution in [1.29, 1.82) is 0 Å². The van der Waals surface area contributed by atoms with Crippen molar-refractivity contribution >= 4 is 17.5 Å². The molecular formula is C12H25ClN2O. The van der Waals surface area contributed by atoms with Crippen molar-refractivity contribution in [3.05, 3.63) is 0 Å². The van der Waals surface area contributed by atoms with Crippen LogP contribution in [0, 0.1) is 10.8 Å². The van der Waals surface area contributed by atoms with Gasteiger partial charge in [-0.15, -0.1) is 11.6 Å². The van der Waals surface area contributed by atoms with Crippen LogP contribution in [0.1, 0.15) is 27.7 Å². The van der Waals surface area contributed by atoms with Crippen LogP contribution in [-0.2, 0) is 4.79 Å². The average Bonchev–Trinajstić information content (AvgIpc) is 2.12. The van der Waals surface area contributed by atoms with Gasteiger partial charge in [0, 0.05) is 19.0 Å². The molecule has 0 aromatic rings. The summed E-state index contributed by atoms with van der Waals surface area (Å²) in [6.07, 6.45) is 0. The van der Waals surface area contributed by atoms with Gasteiger partial charge >= 0.3 is 0 Å². The minimum atomic E-state index is -0.490. The summed E-state index contributed by atoms with van der Waals surface area (Å²) in [5.74, 6) is 0.363. The molecule has 0 saturated heterocycles. The van der Waals surface area contributed by atoms with Crippen LogP contribution in [-0.4, -0.2) is 43.9 Å². The fourth-order valence-corrected chi connectivity index (χ4v) is 1.65. The first-order valence-corrected chi connectivity index (χ1v) is 6.13. The number of nitrogens with zero attached hydrogens (tertiary/aromatic N) is 1. The van der Waals surface area contributed by atoms with Crippen LogP contribution in [0.2, 0.25) is 0 Å². The Morgan fingerprint density at radius 3 is 2.12 bits per heavy atom. The Hall–Kier alpha value is -0.280. The van der Waals surface area contributed by atoms with E-state index in [1.807, 2.05) is 27.9 Å². The minimum absolute atomic E-state index is 0.0225. The number of halogens is 1. The van der Waals surface area contributed by atoms with Gasteiger partial charge in [-0.1, -0.05) is 13.8 Å². The smallest absolute Gasteiger partial charge is 0.226 e.